The highest BCUT2D eigenvalue weighted by Gasteiger charge is 2.26. The number of aromatic nitrogens is 2. The molecule has 0 aromatic carbocycles. The Balaban J connectivity index is 1.90. The lowest BCUT2D eigenvalue weighted by molar-refractivity contribution is 0.114. The van der Waals surface area contributed by atoms with Gasteiger partial charge in [-0.2, -0.15) is 5.10 Å². The zero-order valence-electron chi connectivity index (χ0n) is 13.2. The highest BCUT2D eigenvalue weighted by molar-refractivity contribution is 7.89. The molecule has 1 unspecified atom stereocenters. The van der Waals surface area contributed by atoms with Gasteiger partial charge in [-0.1, -0.05) is 6.07 Å². The third kappa shape index (κ3) is 3.65. The van der Waals surface area contributed by atoms with Gasteiger partial charge in [0.05, 0.1) is 11.0 Å². The largest absolute Gasteiger partial charge is 0.377 e. The quantitative estimate of drug-likeness (QED) is 0.864. The molecule has 0 amide bonds. The minimum atomic E-state index is -3.62. The normalized spacial score (nSPS) is 18.8. The van der Waals surface area contributed by atoms with Crippen LogP contribution in [0.5, 0.6) is 0 Å². The molecular weight excluding hydrogens is 334 g/mol. The van der Waals surface area contributed by atoms with Gasteiger partial charge in [0.15, 0.2) is 0 Å². The zero-order chi connectivity index (χ0) is 16.4. The molecule has 2 aromatic rings. The first-order chi connectivity index (χ1) is 11.0. The Kier molecular flexibility index (Phi) is 4.86. The highest BCUT2D eigenvalue weighted by atomic mass is 32.2. The van der Waals surface area contributed by atoms with Crippen LogP contribution in [0.2, 0.25) is 0 Å². The van der Waals surface area contributed by atoms with Crippen molar-refractivity contribution in [2.75, 3.05) is 13.2 Å². The Labute approximate surface area is 140 Å². The van der Waals surface area contributed by atoms with E-state index in [1.54, 1.807) is 10.9 Å². The molecule has 1 saturated heterocycles. The van der Waals surface area contributed by atoms with E-state index in [-0.39, 0.29) is 17.0 Å². The van der Waals surface area contributed by atoms with Crippen molar-refractivity contribution in [2.24, 2.45) is 0 Å². The fourth-order valence-corrected chi connectivity index (χ4v) is 4.51. The average Bonchev–Trinajstić information content (AvgIpc) is 3.23. The molecular formula is C15H21N3O3S2. The molecule has 8 heteroatoms. The van der Waals surface area contributed by atoms with Crippen molar-refractivity contribution >= 4 is 21.4 Å². The monoisotopic (exact) mass is 355 g/mol. The van der Waals surface area contributed by atoms with Gasteiger partial charge in [-0.05, 0) is 38.1 Å². The summed E-state index contributed by atoms with van der Waals surface area (Å²) < 4.78 is 35.3. The number of hydrogen-bond donors (Lipinski definition) is 1. The lowest BCUT2D eigenvalue weighted by Gasteiger charge is -2.11. The van der Waals surface area contributed by atoms with E-state index in [1.807, 2.05) is 31.4 Å². The Hall–Kier alpha value is -1.22. The third-order valence-electron chi connectivity index (χ3n) is 3.80. The Morgan fingerprint density at radius 1 is 1.52 bits per heavy atom. The fraction of sp³-hybridized carbons (Fsp3) is 0.533. The molecule has 1 aliphatic rings. The predicted octanol–water partition coefficient (Wildman–Crippen LogP) is 2.65. The van der Waals surface area contributed by atoms with E-state index in [4.69, 9.17) is 4.74 Å². The molecule has 2 aromatic heterocycles. The van der Waals surface area contributed by atoms with Crippen LogP contribution in [0.4, 0.5) is 0 Å². The van der Waals surface area contributed by atoms with Crippen LogP contribution in [-0.2, 0) is 14.8 Å². The van der Waals surface area contributed by atoms with Crippen LogP contribution >= 0.6 is 11.3 Å². The maximum atomic E-state index is 12.7. The molecule has 0 saturated carbocycles. The van der Waals surface area contributed by atoms with E-state index in [2.05, 4.69) is 9.82 Å². The van der Waals surface area contributed by atoms with E-state index in [1.165, 1.54) is 11.3 Å². The summed E-state index contributed by atoms with van der Waals surface area (Å²) in [5.74, 6) is 0. The van der Waals surface area contributed by atoms with E-state index in [9.17, 15) is 8.42 Å². The summed E-state index contributed by atoms with van der Waals surface area (Å²) in [7, 11) is -3.62. The maximum Gasteiger partial charge on any atom is 0.244 e. The van der Waals surface area contributed by atoms with Crippen molar-refractivity contribution in [1.82, 2.24) is 14.5 Å². The molecule has 0 spiro atoms. The van der Waals surface area contributed by atoms with Crippen LogP contribution in [0.3, 0.4) is 0 Å². The van der Waals surface area contributed by atoms with Crippen molar-refractivity contribution in [3.05, 3.63) is 23.7 Å². The van der Waals surface area contributed by atoms with E-state index in [0.29, 0.717) is 18.8 Å². The number of hydrogen-bond acceptors (Lipinski definition) is 5. The summed E-state index contributed by atoms with van der Waals surface area (Å²) in [6.07, 6.45) is 3.46. The molecule has 0 bridgehead atoms. The number of sulfonamides is 1. The van der Waals surface area contributed by atoms with Gasteiger partial charge in [0.25, 0.3) is 0 Å². The van der Waals surface area contributed by atoms with E-state index < -0.39 is 10.0 Å². The molecule has 1 fully saturated rings. The van der Waals surface area contributed by atoms with Gasteiger partial charge in [-0.3, -0.25) is 4.68 Å². The van der Waals surface area contributed by atoms with E-state index in [0.717, 1.165) is 17.7 Å². The molecule has 23 heavy (non-hydrogen) atoms. The summed E-state index contributed by atoms with van der Waals surface area (Å²) in [5.41, 5.74) is 0.508. The molecule has 1 N–H and O–H groups in total. The van der Waals surface area contributed by atoms with Crippen LogP contribution in [0.25, 0.3) is 10.6 Å². The first-order valence-corrected chi connectivity index (χ1v) is 10.1. The molecule has 3 heterocycles. The molecule has 0 radical (unpaired) electrons. The SMILES string of the molecule is CC(C)n1cc(S(=O)(=O)NCC2CCCO2)c(-c2cccs2)n1. The molecule has 0 aliphatic carbocycles. The first-order valence-electron chi connectivity index (χ1n) is 7.71. The predicted molar refractivity (Wildman–Crippen MR) is 90.1 cm³/mol. The van der Waals surface area contributed by atoms with Gasteiger partial charge in [-0.15, -0.1) is 11.3 Å². The Morgan fingerprint density at radius 2 is 2.35 bits per heavy atom. The maximum absolute atomic E-state index is 12.7. The smallest absolute Gasteiger partial charge is 0.244 e. The molecule has 3 rings (SSSR count). The number of rotatable bonds is 6. The van der Waals surface area contributed by atoms with Crippen molar-refractivity contribution in [3.8, 4) is 10.6 Å². The van der Waals surface area contributed by atoms with Gasteiger partial charge >= 0.3 is 0 Å². The summed E-state index contributed by atoms with van der Waals surface area (Å²) in [4.78, 5) is 1.08. The average molecular weight is 355 g/mol. The standard InChI is InChI=1S/C15H21N3O3S2/c1-11(2)18-10-14(15(17-18)13-6-4-8-22-13)23(19,20)16-9-12-5-3-7-21-12/h4,6,8,10-12,16H,3,5,7,9H2,1-2H3. The van der Waals surface area contributed by atoms with Gasteiger partial charge in [0.1, 0.15) is 10.6 Å². The van der Waals surface area contributed by atoms with Gasteiger partial charge in [-0.25, -0.2) is 13.1 Å². The lowest BCUT2D eigenvalue weighted by atomic mass is 10.2. The third-order valence-corrected chi connectivity index (χ3v) is 6.10. The minimum Gasteiger partial charge on any atom is -0.377 e. The Morgan fingerprint density at radius 3 is 2.96 bits per heavy atom. The van der Waals surface area contributed by atoms with Gasteiger partial charge in [0.2, 0.25) is 10.0 Å². The summed E-state index contributed by atoms with van der Waals surface area (Å²) in [6.45, 7) is 4.96. The molecule has 1 aliphatic heterocycles. The second kappa shape index (κ2) is 6.72. The number of thiophene rings is 1. The van der Waals surface area contributed by atoms with Crippen LogP contribution in [0.15, 0.2) is 28.6 Å². The second-order valence-corrected chi connectivity index (χ2v) is 8.56. The molecule has 1 atom stereocenters. The summed E-state index contributed by atoms with van der Waals surface area (Å²) >= 11 is 1.48. The fourth-order valence-electron chi connectivity index (χ4n) is 2.51. The van der Waals surface area contributed by atoms with Crippen molar-refractivity contribution in [2.45, 2.75) is 43.7 Å². The topological polar surface area (TPSA) is 73.2 Å². The number of nitrogens with zero attached hydrogens (tertiary/aromatic N) is 2. The number of nitrogens with one attached hydrogen (secondary N) is 1. The Bertz CT molecular complexity index is 745. The number of ether oxygens (including phenoxy) is 1. The first kappa shape index (κ1) is 16.6. The minimum absolute atomic E-state index is 0.0323. The van der Waals surface area contributed by atoms with Crippen LogP contribution in [0.1, 0.15) is 32.7 Å². The van der Waals surface area contributed by atoms with Crippen LogP contribution in [-0.4, -0.2) is 37.5 Å². The van der Waals surface area contributed by atoms with Crippen molar-refractivity contribution in [3.63, 3.8) is 0 Å². The zero-order valence-corrected chi connectivity index (χ0v) is 14.9. The second-order valence-electron chi connectivity index (χ2n) is 5.88. The van der Waals surface area contributed by atoms with Crippen LogP contribution < -0.4 is 4.72 Å². The van der Waals surface area contributed by atoms with Crippen molar-refractivity contribution < 1.29 is 13.2 Å². The molecule has 126 valence electrons. The van der Waals surface area contributed by atoms with Crippen molar-refractivity contribution in [1.29, 1.82) is 0 Å². The highest BCUT2D eigenvalue weighted by Crippen LogP contribution is 2.30. The molecule has 6 nitrogen and oxygen atoms in total. The van der Waals surface area contributed by atoms with Gasteiger partial charge < -0.3 is 4.74 Å². The van der Waals surface area contributed by atoms with Crippen LogP contribution in [0, 0.1) is 0 Å². The summed E-state index contributed by atoms with van der Waals surface area (Å²) in [6, 6.07) is 3.87. The van der Waals surface area contributed by atoms with Gasteiger partial charge in [0, 0.05) is 25.4 Å². The lowest BCUT2D eigenvalue weighted by Crippen LogP contribution is -2.31. The van der Waals surface area contributed by atoms with E-state index >= 15 is 0 Å². The summed E-state index contributed by atoms with van der Waals surface area (Å²) in [5, 5.41) is 6.39.